The smallest absolute Gasteiger partial charge is 0.271 e. The van der Waals surface area contributed by atoms with Gasteiger partial charge in [-0.15, -0.1) is 0 Å². The van der Waals surface area contributed by atoms with Crippen molar-refractivity contribution in [3.8, 4) is 17.2 Å². The summed E-state index contributed by atoms with van der Waals surface area (Å²) >= 11 is 0. The van der Waals surface area contributed by atoms with Gasteiger partial charge in [-0.3, -0.25) is 25.2 Å². The summed E-state index contributed by atoms with van der Waals surface area (Å²) in [5.74, 6) is -0.170. The van der Waals surface area contributed by atoms with Crippen LogP contribution in [0.1, 0.15) is 47.4 Å². The second-order valence-corrected chi connectivity index (χ2v) is 10.6. The maximum atomic E-state index is 13.9. The second-order valence-electron chi connectivity index (χ2n) is 10.6. The number of nitro benzene ring substituents is 1. The zero-order valence-electron chi connectivity index (χ0n) is 24.7. The number of nitro groups is 1. The molecule has 10 heteroatoms. The highest BCUT2D eigenvalue weighted by Gasteiger charge is 2.44. The van der Waals surface area contributed by atoms with Crippen molar-refractivity contribution in [2.75, 3.05) is 26.2 Å². The number of Topliss-reactive ketones (excluding diaryl/α,β-unsaturated/α-hetero) is 1. The summed E-state index contributed by atoms with van der Waals surface area (Å²) < 4.78 is 16.8. The van der Waals surface area contributed by atoms with Crippen molar-refractivity contribution in [1.82, 2.24) is 0 Å². The number of hydrogen-bond donors (Lipinski definition) is 2. The Hall–Kier alpha value is -5.12. The van der Waals surface area contributed by atoms with E-state index in [9.17, 15) is 25.4 Å². The first-order chi connectivity index (χ1) is 20.6. The number of benzene rings is 3. The number of nitrogens with zero attached hydrogens (tertiary/aromatic N) is 2. The summed E-state index contributed by atoms with van der Waals surface area (Å²) in [6.45, 7) is 3.73. The van der Waals surface area contributed by atoms with E-state index in [-0.39, 0.29) is 35.1 Å². The van der Waals surface area contributed by atoms with Crippen molar-refractivity contribution < 1.29 is 29.0 Å². The molecule has 43 heavy (non-hydrogen) atoms. The number of rotatable bonds is 7. The number of ether oxygens (including phenoxy) is 3. The van der Waals surface area contributed by atoms with E-state index in [4.69, 9.17) is 14.2 Å². The Kier molecular flexibility index (Phi) is 7.95. The van der Waals surface area contributed by atoms with Gasteiger partial charge in [-0.1, -0.05) is 35.9 Å². The van der Waals surface area contributed by atoms with Crippen LogP contribution < -0.4 is 19.1 Å². The van der Waals surface area contributed by atoms with Gasteiger partial charge in [0, 0.05) is 46.9 Å². The molecule has 222 valence electrons. The van der Waals surface area contributed by atoms with Crippen molar-refractivity contribution in [1.29, 1.82) is 5.41 Å². The number of non-ortho nitro benzene ring substituents is 1. The summed E-state index contributed by atoms with van der Waals surface area (Å²) in [7, 11) is 4.48. The average molecular weight is 584 g/mol. The molecule has 0 spiro atoms. The van der Waals surface area contributed by atoms with Crippen molar-refractivity contribution in [3.63, 3.8) is 0 Å². The quantitative estimate of drug-likeness (QED) is 0.176. The summed E-state index contributed by atoms with van der Waals surface area (Å²) in [4.78, 5) is 26.7. The molecule has 0 radical (unpaired) electrons. The number of hydrogen-bond acceptors (Lipinski definition) is 8. The van der Waals surface area contributed by atoms with Gasteiger partial charge in [-0.05, 0) is 49.9 Å². The molecule has 1 atom stereocenters. The number of aliphatic hydroxyl groups excluding tert-OH is 1. The number of aliphatic hydroxyl groups is 1. The molecule has 3 aromatic carbocycles. The van der Waals surface area contributed by atoms with Crippen LogP contribution >= 0.6 is 0 Å². The largest absolute Gasteiger partial charge is 0.507 e. The minimum atomic E-state index is -0.861. The molecule has 0 bridgehead atoms. The van der Waals surface area contributed by atoms with Crippen LogP contribution in [-0.2, 0) is 4.79 Å². The third-order valence-electron chi connectivity index (χ3n) is 8.00. The van der Waals surface area contributed by atoms with Gasteiger partial charge in [-0.25, -0.2) is 0 Å². The molecule has 0 unspecified atom stereocenters. The zero-order valence-corrected chi connectivity index (χ0v) is 24.7. The fraction of sp³-hybridized carbons (Fsp3) is 0.273. The highest BCUT2D eigenvalue weighted by atomic mass is 16.6. The van der Waals surface area contributed by atoms with Crippen molar-refractivity contribution in [2.45, 2.75) is 39.0 Å². The lowest BCUT2D eigenvalue weighted by Crippen LogP contribution is -2.42. The Balaban J connectivity index is 1.89. The maximum absolute atomic E-state index is 13.9. The lowest BCUT2D eigenvalue weighted by atomic mass is 9.73. The number of methoxy groups -OCH3 is 3. The molecule has 0 aromatic heterocycles. The van der Waals surface area contributed by atoms with Crippen LogP contribution in [0.3, 0.4) is 0 Å². The Labute approximate surface area is 249 Å². The first kappa shape index (κ1) is 29.4. The molecule has 3 aromatic rings. The Morgan fingerprint density at radius 3 is 2.21 bits per heavy atom. The monoisotopic (exact) mass is 583 g/mol. The van der Waals surface area contributed by atoms with E-state index in [1.54, 1.807) is 42.2 Å². The predicted octanol–water partition coefficient (Wildman–Crippen LogP) is 6.79. The molecule has 0 saturated carbocycles. The molecule has 0 fully saturated rings. The summed E-state index contributed by atoms with van der Waals surface area (Å²) in [5.41, 5.74) is 4.12. The van der Waals surface area contributed by atoms with Gasteiger partial charge in [0.2, 0.25) is 5.75 Å². The van der Waals surface area contributed by atoms with Crippen LogP contribution in [0.4, 0.5) is 11.4 Å². The first-order valence-electron chi connectivity index (χ1n) is 13.8. The zero-order chi connectivity index (χ0) is 31.0. The van der Waals surface area contributed by atoms with E-state index < -0.39 is 10.8 Å². The molecular weight excluding hydrogens is 550 g/mol. The minimum Gasteiger partial charge on any atom is -0.507 e. The maximum Gasteiger partial charge on any atom is 0.271 e. The number of ketones is 1. The third kappa shape index (κ3) is 5.09. The van der Waals surface area contributed by atoms with Gasteiger partial charge in [-0.2, -0.15) is 0 Å². The lowest BCUT2D eigenvalue weighted by molar-refractivity contribution is -0.384. The van der Waals surface area contributed by atoms with Crippen LogP contribution in [0.15, 0.2) is 71.4 Å². The van der Waals surface area contributed by atoms with Crippen LogP contribution in [0, 0.1) is 29.4 Å². The Bertz CT molecular complexity index is 1680. The molecule has 5 rings (SSSR count). The highest BCUT2D eigenvalue weighted by Crippen LogP contribution is 2.51. The van der Waals surface area contributed by atoms with Crippen LogP contribution in [0.2, 0.25) is 0 Å². The molecule has 0 amide bonds. The molecule has 1 aliphatic heterocycles. The third-order valence-corrected chi connectivity index (χ3v) is 8.00. The lowest BCUT2D eigenvalue weighted by Gasteiger charge is -2.42. The average Bonchev–Trinajstić information content (AvgIpc) is 3.00. The number of nitrogens with one attached hydrogen (secondary N) is 1. The predicted molar refractivity (Wildman–Crippen MR) is 163 cm³/mol. The summed E-state index contributed by atoms with van der Waals surface area (Å²) in [5, 5.41) is 33.3. The van der Waals surface area contributed by atoms with Gasteiger partial charge in [0.25, 0.3) is 5.69 Å². The number of amidine groups is 1. The number of carbonyl (C=O) groups is 1. The van der Waals surface area contributed by atoms with Crippen LogP contribution in [0.5, 0.6) is 17.2 Å². The number of allylic oxidation sites excluding steroid dienone is 2. The van der Waals surface area contributed by atoms with Crippen LogP contribution in [-0.4, -0.2) is 43.0 Å². The topological polar surface area (TPSA) is 135 Å². The standard InChI is InChI=1S/C33H33N3O7/c1-18-9-12-20(13-10-18)31(38)30-28(21-15-26(41-3)32(43-5)27(16-21)42-4)29-23(7-6-8-25(29)37)35(33(30)34)24-17-22(36(39)40)14-11-19(24)2/h9-17,28,34,38H,6-8H2,1-5H3/b31-30+,34-33?/t28-/m1/s1. The van der Waals surface area contributed by atoms with Crippen molar-refractivity contribution in [2.24, 2.45) is 0 Å². The van der Waals surface area contributed by atoms with Gasteiger partial charge < -0.3 is 19.3 Å². The molecular formula is C33H33N3O7. The first-order valence-corrected chi connectivity index (χ1v) is 13.8. The Morgan fingerprint density at radius 1 is 0.977 bits per heavy atom. The van der Waals surface area contributed by atoms with Gasteiger partial charge in [0.1, 0.15) is 11.6 Å². The van der Waals surface area contributed by atoms with Gasteiger partial charge in [0.05, 0.1) is 31.9 Å². The summed E-state index contributed by atoms with van der Waals surface area (Å²) in [6, 6.07) is 15.1. The van der Waals surface area contributed by atoms with Crippen molar-refractivity contribution >= 4 is 28.8 Å². The van der Waals surface area contributed by atoms with Gasteiger partial charge in [0.15, 0.2) is 17.3 Å². The fourth-order valence-electron chi connectivity index (χ4n) is 5.88. The van der Waals surface area contributed by atoms with Crippen molar-refractivity contribution in [3.05, 3.63) is 104 Å². The number of anilines is 1. The van der Waals surface area contributed by atoms with Crippen LogP contribution in [0.25, 0.3) is 5.76 Å². The minimum absolute atomic E-state index is 0.0890. The molecule has 0 saturated heterocycles. The van der Waals surface area contributed by atoms with E-state index in [2.05, 4.69) is 0 Å². The van der Waals surface area contributed by atoms with E-state index in [1.807, 2.05) is 19.1 Å². The van der Waals surface area contributed by atoms with E-state index in [0.29, 0.717) is 63.7 Å². The Morgan fingerprint density at radius 2 is 1.63 bits per heavy atom. The summed E-state index contributed by atoms with van der Waals surface area (Å²) in [6.07, 6.45) is 1.30. The SMILES string of the molecule is COc1cc([C@@H]2C3=C(CCCC3=O)N(c3cc([N+](=O)[O-])ccc3C)C(=N)/C2=C(/O)c2ccc(C)cc2)cc(OC)c1OC. The molecule has 2 aliphatic rings. The molecule has 1 aliphatic carbocycles. The second kappa shape index (κ2) is 11.6. The molecule has 1 heterocycles. The highest BCUT2D eigenvalue weighted by molar-refractivity contribution is 6.20. The van der Waals surface area contributed by atoms with Gasteiger partial charge >= 0.3 is 0 Å². The van der Waals surface area contributed by atoms with E-state index in [1.165, 1.54) is 33.5 Å². The molecule has 2 N–H and O–H groups in total. The van der Waals surface area contributed by atoms with E-state index in [0.717, 1.165) is 5.56 Å². The fourth-order valence-corrected chi connectivity index (χ4v) is 5.88. The normalized spacial score (nSPS) is 17.9. The van der Waals surface area contributed by atoms with E-state index >= 15 is 0 Å². The number of aryl methyl sites for hydroxylation is 2. The number of carbonyl (C=O) groups excluding carboxylic acids is 1. The molecule has 10 nitrogen and oxygen atoms in total.